The van der Waals surface area contributed by atoms with E-state index < -0.39 is 0 Å². The van der Waals surface area contributed by atoms with Gasteiger partial charge in [0, 0.05) is 5.38 Å². The highest BCUT2D eigenvalue weighted by molar-refractivity contribution is 7.09. The third kappa shape index (κ3) is 2.83. The van der Waals surface area contributed by atoms with Gasteiger partial charge in [0.2, 0.25) is 0 Å². The van der Waals surface area contributed by atoms with Gasteiger partial charge in [-0.05, 0) is 44.0 Å². The number of hydrogen-bond acceptors (Lipinski definition) is 3. The summed E-state index contributed by atoms with van der Waals surface area (Å²) in [5, 5.41) is 3.12. The fourth-order valence-corrected chi connectivity index (χ4v) is 2.25. The minimum atomic E-state index is 0.549. The second-order valence-corrected chi connectivity index (χ2v) is 5.03. The summed E-state index contributed by atoms with van der Waals surface area (Å²) < 4.78 is 5.71. The number of ether oxygens (including phenoxy) is 1. The van der Waals surface area contributed by atoms with Crippen LogP contribution in [0.2, 0.25) is 0 Å². The van der Waals surface area contributed by atoms with Gasteiger partial charge in [0.25, 0.3) is 0 Å². The molecule has 1 heterocycles. The van der Waals surface area contributed by atoms with E-state index in [0.717, 1.165) is 16.5 Å². The lowest BCUT2D eigenvalue weighted by atomic mass is 10.1. The summed E-state index contributed by atoms with van der Waals surface area (Å²) in [7, 11) is 0. The maximum Gasteiger partial charge on any atom is 0.131 e. The average molecular weight is 233 g/mol. The van der Waals surface area contributed by atoms with Crippen LogP contribution in [0.1, 0.15) is 21.8 Å². The van der Waals surface area contributed by atoms with E-state index in [9.17, 15) is 0 Å². The summed E-state index contributed by atoms with van der Waals surface area (Å²) in [5.74, 6) is 0.920. The van der Waals surface area contributed by atoms with Crippen LogP contribution >= 0.6 is 11.3 Å². The monoisotopic (exact) mass is 233 g/mol. The van der Waals surface area contributed by atoms with E-state index in [1.54, 1.807) is 11.3 Å². The fraction of sp³-hybridized carbons (Fsp3) is 0.308. The maximum atomic E-state index is 5.71. The van der Waals surface area contributed by atoms with Crippen molar-refractivity contribution in [2.45, 2.75) is 27.4 Å². The molecule has 84 valence electrons. The summed E-state index contributed by atoms with van der Waals surface area (Å²) in [5.41, 5.74) is 3.45. The normalized spacial score (nSPS) is 10.4. The molecule has 2 rings (SSSR count). The zero-order valence-corrected chi connectivity index (χ0v) is 10.6. The summed E-state index contributed by atoms with van der Waals surface area (Å²) in [6.45, 7) is 6.71. The van der Waals surface area contributed by atoms with E-state index in [1.807, 2.05) is 24.4 Å². The van der Waals surface area contributed by atoms with Gasteiger partial charge in [-0.25, -0.2) is 4.98 Å². The largest absolute Gasteiger partial charge is 0.487 e. The quantitative estimate of drug-likeness (QED) is 0.807. The standard InChI is InChI=1S/C13H15NOS/c1-9-4-10(2)6-13(5-9)15-7-12-8-16-11(3)14-12/h4-6,8H,7H2,1-3H3. The molecule has 0 radical (unpaired) electrons. The predicted molar refractivity (Wildman–Crippen MR) is 67.1 cm³/mol. The predicted octanol–water partition coefficient (Wildman–Crippen LogP) is 3.65. The van der Waals surface area contributed by atoms with Crippen LogP contribution in [0.25, 0.3) is 0 Å². The molecule has 0 atom stereocenters. The lowest BCUT2D eigenvalue weighted by Crippen LogP contribution is -1.96. The van der Waals surface area contributed by atoms with Crippen LogP contribution in [-0.2, 0) is 6.61 Å². The average Bonchev–Trinajstić information content (AvgIpc) is 2.60. The molecule has 0 unspecified atom stereocenters. The van der Waals surface area contributed by atoms with Crippen LogP contribution in [0, 0.1) is 20.8 Å². The molecule has 0 amide bonds. The lowest BCUT2D eigenvalue weighted by Gasteiger charge is -2.06. The van der Waals surface area contributed by atoms with Crippen LogP contribution in [0.5, 0.6) is 5.75 Å². The van der Waals surface area contributed by atoms with Crippen molar-refractivity contribution >= 4 is 11.3 Å². The Morgan fingerprint density at radius 3 is 2.38 bits per heavy atom. The van der Waals surface area contributed by atoms with Crippen LogP contribution in [-0.4, -0.2) is 4.98 Å². The van der Waals surface area contributed by atoms with E-state index in [-0.39, 0.29) is 0 Å². The van der Waals surface area contributed by atoms with E-state index >= 15 is 0 Å². The van der Waals surface area contributed by atoms with Gasteiger partial charge < -0.3 is 4.74 Å². The van der Waals surface area contributed by atoms with E-state index in [0.29, 0.717) is 6.61 Å². The number of rotatable bonds is 3. The summed E-state index contributed by atoms with van der Waals surface area (Å²) in [6, 6.07) is 6.23. The molecule has 1 aromatic carbocycles. The number of aromatic nitrogens is 1. The minimum absolute atomic E-state index is 0.549. The number of thiazole rings is 1. The molecule has 2 aromatic rings. The molecule has 0 fully saturated rings. The molecule has 16 heavy (non-hydrogen) atoms. The fourth-order valence-electron chi connectivity index (χ4n) is 1.65. The van der Waals surface area contributed by atoms with Crippen LogP contribution < -0.4 is 4.74 Å². The topological polar surface area (TPSA) is 22.1 Å². The van der Waals surface area contributed by atoms with Crippen molar-refractivity contribution in [2.75, 3.05) is 0 Å². The molecular weight excluding hydrogens is 218 g/mol. The van der Waals surface area contributed by atoms with Gasteiger partial charge in [0.15, 0.2) is 0 Å². The Bertz CT molecular complexity index is 470. The first-order chi connectivity index (χ1) is 7.63. The highest BCUT2D eigenvalue weighted by atomic mass is 32.1. The number of hydrogen-bond donors (Lipinski definition) is 0. The van der Waals surface area contributed by atoms with Crippen molar-refractivity contribution in [2.24, 2.45) is 0 Å². The van der Waals surface area contributed by atoms with Crippen molar-refractivity contribution in [3.63, 3.8) is 0 Å². The van der Waals surface area contributed by atoms with Crippen molar-refractivity contribution in [3.05, 3.63) is 45.4 Å². The Labute approximate surface area is 99.9 Å². The molecule has 0 aliphatic rings. The van der Waals surface area contributed by atoms with E-state index in [4.69, 9.17) is 4.74 Å². The van der Waals surface area contributed by atoms with Gasteiger partial charge >= 0.3 is 0 Å². The summed E-state index contributed by atoms with van der Waals surface area (Å²) >= 11 is 1.65. The zero-order chi connectivity index (χ0) is 11.5. The first kappa shape index (κ1) is 11.1. The van der Waals surface area contributed by atoms with E-state index in [1.165, 1.54) is 11.1 Å². The second-order valence-electron chi connectivity index (χ2n) is 3.97. The summed E-state index contributed by atoms with van der Waals surface area (Å²) in [4.78, 5) is 4.36. The van der Waals surface area contributed by atoms with Gasteiger partial charge in [-0.15, -0.1) is 11.3 Å². The Morgan fingerprint density at radius 1 is 1.12 bits per heavy atom. The first-order valence-corrected chi connectivity index (χ1v) is 6.13. The van der Waals surface area contributed by atoms with Gasteiger partial charge in [-0.3, -0.25) is 0 Å². The molecule has 0 N–H and O–H groups in total. The summed E-state index contributed by atoms with van der Waals surface area (Å²) in [6.07, 6.45) is 0. The third-order valence-corrected chi connectivity index (χ3v) is 3.07. The highest BCUT2D eigenvalue weighted by Crippen LogP contribution is 2.18. The van der Waals surface area contributed by atoms with Crippen LogP contribution in [0.4, 0.5) is 0 Å². The Morgan fingerprint density at radius 2 is 1.81 bits per heavy atom. The van der Waals surface area contributed by atoms with E-state index in [2.05, 4.69) is 24.9 Å². The Balaban J connectivity index is 2.04. The lowest BCUT2D eigenvalue weighted by molar-refractivity contribution is 0.301. The molecule has 0 spiro atoms. The third-order valence-electron chi connectivity index (χ3n) is 2.25. The highest BCUT2D eigenvalue weighted by Gasteiger charge is 2.01. The number of benzene rings is 1. The molecule has 0 aliphatic carbocycles. The number of aryl methyl sites for hydroxylation is 3. The van der Waals surface area contributed by atoms with Gasteiger partial charge in [-0.1, -0.05) is 6.07 Å². The van der Waals surface area contributed by atoms with Crippen molar-refractivity contribution in [3.8, 4) is 5.75 Å². The molecule has 0 saturated heterocycles. The zero-order valence-electron chi connectivity index (χ0n) is 9.78. The Kier molecular flexibility index (Phi) is 3.25. The van der Waals surface area contributed by atoms with Crippen molar-refractivity contribution < 1.29 is 4.74 Å². The molecular formula is C13H15NOS. The molecule has 0 saturated carbocycles. The molecule has 0 aliphatic heterocycles. The van der Waals surface area contributed by atoms with Crippen molar-refractivity contribution in [1.29, 1.82) is 0 Å². The van der Waals surface area contributed by atoms with Gasteiger partial charge in [0.1, 0.15) is 12.4 Å². The smallest absolute Gasteiger partial charge is 0.131 e. The molecule has 1 aromatic heterocycles. The van der Waals surface area contributed by atoms with Gasteiger partial charge in [-0.2, -0.15) is 0 Å². The van der Waals surface area contributed by atoms with Crippen molar-refractivity contribution in [1.82, 2.24) is 4.98 Å². The molecule has 3 heteroatoms. The van der Waals surface area contributed by atoms with Gasteiger partial charge in [0.05, 0.1) is 10.7 Å². The Hall–Kier alpha value is -1.35. The maximum absolute atomic E-state index is 5.71. The second kappa shape index (κ2) is 4.66. The first-order valence-electron chi connectivity index (χ1n) is 5.25. The van der Waals surface area contributed by atoms with Crippen LogP contribution in [0.15, 0.2) is 23.6 Å². The molecule has 2 nitrogen and oxygen atoms in total. The SMILES string of the molecule is Cc1cc(C)cc(OCc2csc(C)n2)c1. The molecule has 0 bridgehead atoms. The van der Waals surface area contributed by atoms with Crippen LogP contribution in [0.3, 0.4) is 0 Å². The number of nitrogens with zero attached hydrogens (tertiary/aromatic N) is 1. The minimum Gasteiger partial charge on any atom is -0.487 e.